The molecule has 0 saturated carbocycles. The maximum atomic E-state index is 12.8. The summed E-state index contributed by atoms with van der Waals surface area (Å²) in [5, 5.41) is 6.94. The van der Waals surface area contributed by atoms with Crippen LogP contribution in [0.25, 0.3) is 5.69 Å². The number of amides is 1. The first-order chi connectivity index (χ1) is 11.7. The highest BCUT2D eigenvalue weighted by molar-refractivity contribution is 5.90. The molecule has 1 amide bonds. The predicted molar refractivity (Wildman–Crippen MR) is 88.7 cm³/mol. The highest BCUT2D eigenvalue weighted by Crippen LogP contribution is 2.14. The predicted octanol–water partition coefficient (Wildman–Crippen LogP) is 3.42. The minimum absolute atomic E-state index is 0.149. The van der Waals surface area contributed by atoms with Gasteiger partial charge in [-0.1, -0.05) is 0 Å². The van der Waals surface area contributed by atoms with Gasteiger partial charge in [0.25, 0.3) is 0 Å². The van der Waals surface area contributed by atoms with Crippen LogP contribution in [-0.4, -0.2) is 22.3 Å². The molecule has 0 aliphatic rings. The maximum absolute atomic E-state index is 12.8. The molecule has 0 unspecified atom stereocenters. The van der Waals surface area contributed by atoms with E-state index in [1.165, 1.54) is 24.3 Å². The van der Waals surface area contributed by atoms with Gasteiger partial charge in [-0.05, 0) is 54.6 Å². The van der Waals surface area contributed by atoms with Crippen LogP contribution in [0.15, 0.2) is 67.0 Å². The van der Waals surface area contributed by atoms with Crippen LogP contribution in [0.2, 0.25) is 0 Å². The summed E-state index contributed by atoms with van der Waals surface area (Å²) in [5.41, 5.74) is 1.62. The first-order valence-corrected chi connectivity index (χ1v) is 7.49. The normalized spacial score (nSPS) is 10.4. The molecule has 0 radical (unpaired) electrons. The Kier molecular flexibility index (Phi) is 4.86. The SMILES string of the molecule is O=C(CCOc1ccc(F)cc1)Nc1ccc(-n2cccn2)cc1. The zero-order chi connectivity index (χ0) is 16.8. The average Bonchev–Trinajstić information content (AvgIpc) is 3.12. The monoisotopic (exact) mass is 325 g/mol. The largest absolute Gasteiger partial charge is 0.493 e. The summed E-state index contributed by atoms with van der Waals surface area (Å²) in [7, 11) is 0. The van der Waals surface area contributed by atoms with Crippen LogP contribution in [0.1, 0.15) is 6.42 Å². The first kappa shape index (κ1) is 15.7. The van der Waals surface area contributed by atoms with Gasteiger partial charge in [0, 0.05) is 18.1 Å². The third-order valence-electron chi connectivity index (χ3n) is 3.33. The van der Waals surface area contributed by atoms with E-state index in [0.29, 0.717) is 11.4 Å². The van der Waals surface area contributed by atoms with Gasteiger partial charge in [-0.2, -0.15) is 5.10 Å². The Bertz CT molecular complexity index is 784. The van der Waals surface area contributed by atoms with Crippen LogP contribution in [0.4, 0.5) is 10.1 Å². The van der Waals surface area contributed by atoms with E-state index in [1.807, 2.05) is 36.5 Å². The number of benzene rings is 2. The Hall–Kier alpha value is -3.15. The summed E-state index contributed by atoms with van der Waals surface area (Å²) in [6.45, 7) is 0.225. The lowest BCUT2D eigenvalue weighted by Gasteiger charge is -2.08. The van der Waals surface area contributed by atoms with Crippen LogP contribution < -0.4 is 10.1 Å². The van der Waals surface area contributed by atoms with E-state index in [9.17, 15) is 9.18 Å². The molecule has 0 spiro atoms. The van der Waals surface area contributed by atoms with Crippen molar-refractivity contribution >= 4 is 11.6 Å². The zero-order valence-electron chi connectivity index (χ0n) is 12.9. The Morgan fingerprint density at radius 2 is 1.88 bits per heavy atom. The lowest BCUT2D eigenvalue weighted by Crippen LogP contribution is -2.15. The Labute approximate surface area is 138 Å². The summed E-state index contributed by atoms with van der Waals surface area (Å²) in [5.74, 6) is 0.0652. The lowest BCUT2D eigenvalue weighted by atomic mass is 10.2. The van der Waals surface area contributed by atoms with Crippen molar-refractivity contribution in [3.63, 3.8) is 0 Å². The number of hydrogen-bond donors (Lipinski definition) is 1. The third-order valence-corrected chi connectivity index (χ3v) is 3.33. The molecular formula is C18H16FN3O2. The molecule has 2 aromatic carbocycles. The number of halogens is 1. The van der Waals surface area contributed by atoms with Crippen LogP contribution in [0, 0.1) is 5.82 Å². The molecule has 1 aromatic heterocycles. The third kappa shape index (κ3) is 4.19. The number of ether oxygens (including phenoxy) is 1. The van der Waals surface area contributed by atoms with E-state index in [1.54, 1.807) is 10.9 Å². The van der Waals surface area contributed by atoms with Gasteiger partial charge < -0.3 is 10.1 Å². The van der Waals surface area contributed by atoms with Crippen LogP contribution >= 0.6 is 0 Å². The molecule has 3 aromatic rings. The maximum Gasteiger partial charge on any atom is 0.227 e. The number of nitrogens with zero attached hydrogens (tertiary/aromatic N) is 2. The summed E-state index contributed by atoms with van der Waals surface area (Å²) in [4.78, 5) is 11.9. The van der Waals surface area contributed by atoms with Gasteiger partial charge in [0.2, 0.25) is 5.91 Å². The van der Waals surface area contributed by atoms with Gasteiger partial charge in [0.1, 0.15) is 11.6 Å². The van der Waals surface area contributed by atoms with Crippen molar-refractivity contribution in [2.45, 2.75) is 6.42 Å². The van der Waals surface area contributed by atoms with Gasteiger partial charge in [-0.25, -0.2) is 9.07 Å². The highest BCUT2D eigenvalue weighted by Gasteiger charge is 2.04. The molecule has 122 valence electrons. The molecular weight excluding hydrogens is 309 g/mol. The van der Waals surface area contributed by atoms with E-state index in [2.05, 4.69) is 10.4 Å². The van der Waals surface area contributed by atoms with Gasteiger partial charge in [-0.15, -0.1) is 0 Å². The fraction of sp³-hybridized carbons (Fsp3) is 0.111. The molecule has 24 heavy (non-hydrogen) atoms. The molecule has 5 nitrogen and oxygen atoms in total. The summed E-state index contributed by atoms with van der Waals surface area (Å²) >= 11 is 0. The topological polar surface area (TPSA) is 56.1 Å². The van der Waals surface area contributed by atoms with Gasteiger partial charge >= 0.3 is 0 Å². The summed E-state index contributed by atoms with van der Waals surface area (Å²) < 4.78 is 19.9. The Morgan fingerprint density at radius 1 is 1.12 bits per heavy atom. The minimum Gasteiger partial charge on any atom is -0.493 e. The molecule has 0 saturated heterocycles. The fourth-order valence-electron chi connectivity index (χ4n) is 2.13. The number of nitrogens with one attached hydrogen (secondary N) is 1. The lowest BCUT2D eigenvalue weighted by molar-refractivity contribution is -0.116. The number of aromatic nitrogens is 2. The second kappa shape index (κ2) is 7.41. The molecule has 0 fully saturated rings. The summed E-state index contributed by atoms with van der Waals surface area (Å²) in [6.07, 6.45) is 3.76. The first-order valence-electron chi connectivity index (χ1n) is 7.49. The average molecular weight is 325 g/mol. The van der Waals surface area contributed by atoms with Crippen molar-refractivity contribution in [2.24, 2.45) is 0 Å². The number of hydrogen-bond acceptors (Lipinski definition) is 3. The van der Waals surface area contributed by atoms with Crippen molar-refractivity contribution in [1.29, 1.82) is 0 Å². The van der Waals surface area contributed by atoms with E-state index in [-0.39, 0.29) is 24.8 Å². The van der Waals surface area contributed by atoms with Crippen LogP contribution in [0.5, 0.6) is 5.75 Å². The second-order valence-electron chi connectivity index (χ2n) is 5.10. The molecule has 3 rings (SSSR count). The molecule has 0 aliphatic carbocycles. The van der Waals surface area contributed by atoms with Crippen molar-refractivity contribution in [3.8, 4) is 11.4 Å². The van der Waals surface area contributed by atoms with E-state index >= 15 is 0 Å². The molecule has 1 N–H and O–H groups in total. The molecule has 0 aliphatic heterocycles. The highest BCUT2D eigenvalue weighted by atomic mass is 19.1. The second-order valence-corrected chi connectivity index (χ2v) is 5.10. The molecule has 0 atom stereocenters. The van der Waals surface area contributed by atoms with E-state index in [4.69, 9.17) is 4.74 Å². The number of anilines is 1. The van der Waals surface area contributed by atoms with Crippen molar-refractivity contribution < 1.29 is 13.9 Å². The van der Waals surface area contributed by atoms with E-state index in [0.717, 1.165) is 5.69 Å². The standard InChI is InChI=1S/C18H16FN3O2/c19-14-2-8-17(9-3-14)24-13-10-18(23)21-15-4-6-16(7-5-15)22-12-1-11-20-22/h1-9,11-12H,10,13H2,(H,21,23). The minimum atomic E-state index is -0.321. The van der Waals surface area contributed by atoms with Crippen molar-refractivity contribution in [2.75, 3.05) is 11.9 Å². The van der Waals surface area contributed by atoms with Gasteiger partial charge in [0.15, 0.2) is 0 Å². The Morgan fingerprint density at radius 3 is 2.54 bits per heavy atom. The van der Waals surface area contributed by atoms with Crippen molar-refractivity contribution in [3.05, 3.63) is 72.8 Å². The zero-order valence-corrected chi connectivity index (χ0v) is 12.9. The smallest absolute Gasteiger partial charge is 0.227 e. The van der Waals surface area contributed by atoms with Gasteiger partial charge in [-0.3, -0.25) is 4.79 Å². The number of rotatable bonds is 6. The molecule has 0 bridgehead atoms. The number of carbonyl (C=O) groups excluding carboxylic acids is 1. The van der Waals surface area contributed by atoms with Crippen LogP contribution in [0.3, 0.4) is 0 Å². The molecule has 6 heteroatoms. The van der Waals surface area contributed by atoms with Crippen LogP contribution in [-0.2, 0) is 4.79 Å². The summed E-state index contributed by atoms with van der Waals surface area (Å²) in [6, 6.07) is 14.9. The van der Waals surface area contributed by atoms with Gasteiger partial charge in [0.05, 0.1) is 18.7 Å². The Balaban J connectivity index is 1.47. The quantitative estimate of drug-likeness (QED) is 0.755. The van der Waals surface area contributed by atoms with Crippen molar-refractivity contribution in [1.82, 2.24) is 9.78 Å². The number of carbonyl (C=O) groups is 1. The van der Waals surface area contributed by atoms with E-state index < -0.39 is 0 Å². The fourth-order valence-corrected chi connectivity index (χ4v) is 2.13. The molecule has 1 heterocycles.